The Hall–Kier alpha value is -0.420. The van der Waals surface area contributed by atoms with Crippen molar-refractivity contribution < 1.29 is 14.6 Å². The first-order valence-corrected chi connectivity index (χ1v) is 8.72. The van der Waals surface area contributed by atoms with Gasteiger partial charge in [0.1, 0.15) is 0 Å². The van der Waals surface area contributed by atoms with Crippen molar-refractivity contribution in [3.05, 3.63) is 11.6 Å². The fourth-order valence-corrected chi connectivity index (χ4v) is 3.60. The quantitative estimate of drug-likeness (QED) is 0.793. The van der Waals surface area contributed by atoms with Gasteiger partial charge in [-0.25, -0.2) is 0 Å². The highest BCUT2D eigenvalue weighted by atomic mass is 16.7. The van der Waals surface area contributed by atoms with Crippen LogP contribution in [0.15, 0.2) is 11.6 Å². The molecule has 1 N–H and O–H groups in total. The van der Waals surface area contributed by atoms with E-state index >= 15 is 0 Å². The molecule has 0 amide bonds. The van der Waals surface area contributed by atoms with Gasteiger partial charge in [-0.1, -0.05) is 40.7 Å². The molecule has 4 nitrogen and oxygen atoms in total. The van der Waals surface area contributed by atoms with E-state index in [0.717, 1.165) is 38.0 Å². The zero-order valence-electron chi connectivity index (χ0n) is 14.9. The molecule has 3 unspecified atom stereocenters. The van der Waals surface area contributed by atoms with Gasteiger partial charge >= 0.3 is 0 Å². The summed E-state index contributed by atoms with van der Waals surface area (Å²) in [5.74, 6) is -0.607. The lowest BCUT2D eigenvalue weighted by Crippen LogP contribution is -2.42. The fourth-order valence-electron chi connectivity index (χ4n) is 3.60. The van der Waals surface area contributed by atoms with Crippen LogP contribution >= 0.6 is 0 Å². The number of nitrogens with zero attached hydrogens (tertiary/aromatic N) is 1. The maximum atomic E-state index is 10.5. The average Bonchev–Trinajstić information content (AvgIpc) is 2.79. The van der Waals surface area contributed by atoms with Crippen LogP contribution in [0.5, 0.6) is 0 Å². The minimum absolute atomic E-state index is 0.000825. The van der Waals surface area contributed by atoms with Gasteiger partial charge in [0.05, 0.1) is 18.8 Å². The molecule has 0 radical (unpaired) electrons. The van der Waals surface area contributed by atoms with E-state index in [9.17, 15) is 5.11 Å². The lowest BCUT2D eigenvalue weighted by Gasteiger charge is -2.38. The van der Waals surface area contributed by atoms with E-state index in [1.54, 1.807) is 0 Å². The second kappa shape index (κ2) is 7.00. The van der Waals surface area contributed by atoms with Crippen molar-refractivity contribution in [3.8, 4) is 0 Å². The number of aliphatic hydroxyl groups excluding tert-OH is 1. The number of aliphatic hydroxyl groups is 1. The molecule has 3 atom stereocenters. The summed E-state index contributed by atoms with van der Waals surface area (Å²) in [6, 6.07) is 0. The molecule has 0 saturated carbocycles. The summed E-state index contributed by atoms with van der Waals surface area (Å²) < 4.78 is 12.2. The van der Waals surface area contributed by atoms with Gasteiger partial charge in [0.15, 0.2) is 5.79 Å². The Labute approximate surface area is 135 Å². The maximum absolute atomic E-state index is 10.5. The first-order chi connectivity index (χ1) is 10.3. The molecule has 2 aliphatic rings. The molecule has 1 fully saturated rings. The van der Waals surface area contributed by atoms with Crippen LogP contribution in [0.25, 0.3) is 0 Å². The molecule has 128 valence electrons. The third kappa shape index (κ3) is 4.10. The number of ether oxygens (including phenoxy) is 2. The molecule has 22 heavy (non-hydrogen) atoms. The van der Waals surface area contributed by atoms with Crippen molar-refractivity contribution in [2.24, 2.45) is 5.41 Å². The lowest BCUT2D eigenvalue weighted by atomic mass is 9.77. The van der Waals surface area contributed by atoms with Crippen LogP contribution in [0.2, 0.25) is 0 Å². The number of hydrogen-bond donors (Lipinski definition) is 1. The smallest absolute Gasteiger partial charge is 0.175 e. The van der Waals surface area contributed by atoms with Crippen molar-refractivity contribution >= 4 is 0 Å². The van der Waals surface area contributed by atoms with Crippen LogP contribution in [0, 0.1) is 5.41 Å². The van der Waals surface area contributed by atoms with Gasteiger partial charge in [0, 0.05) is 19.4 Å². The van der Waals surface area contributed by atoms with E-state index in [4.69, 9.17) is 9.47 Å². The fraction of sp³-hybridized carbons (Fsp3) is 0.889. The maximum Gasteiger partial charge on any atom is 0.175 e. The Kier molecular flexibility index (Phi) is 5.70. The number of likely N-dealkylation sites (N-methyl/N-ethyl adjacent to an activating group) is 1. The van der Waals surface area contributed by atoms with Gasteiger partial charge in [-0.2, -0.15) is 0 Å². The minimum atomic E-state index is -0.607. The van der Waals surface area contributed by atoms with Crippen molar-refractivity contribution in [3.63, 3.8) is 0 Å². The summed E-state index contributed by atoms with van der Waals surface area (Å²) >= 11 is 0. The van der Waals surface area contributed by atoms with Crippen LogP contribution in [-0.2, 0) is 9.47 Å². The number of hydrogen-bond acceptors (Lipinski definition) is 4. The van der Waals surface area contributed by atoms with Crippen LogP contribution < -0.4 is 0 Å². The van der Waals surface area contributed by atoms with Crippen molar-refractivity contribution in [2.45, 2.75) is 71.9 Å². The van der Waals surface area contributed by atoms with Gasteiger partial charge < -0.3 is 19.5 Å². The topological polar surface area (TPSA) is 41.9 Å². The molecular formula is C18H33NO3. The predicted molar refractivity (Wildman–Crippen MR) is 88.7 cm³/mol. The Bertz CT molecular complexity index is 402. The first-order valence-electron chi connectivity index (χ1n) is 8.72. The molecule has 4 heteroatoms. The molecule has 1 aliphatic carbocycles. The van der Waals surface area contributed by atoms with E-state index in [1.807, 2.05) is 0 Å². The molecule has 0 aromatic carbocycles. The Morgan fingerprint density at radius 1 is 1.36 bits per heavy atom. The SMILES string of the molecule is CCCN(CC)CC1COC2(CC=C(C(C)(C)C)C(O)C2)O1. The highest BCUT2D eigenvalue weighted by Gasteiger charge is 2.46. The van der Waals surface area contributed by atoms with Crippen LogP contribution in [0.3, 0.4) is 0 Å². The van der Waals surface area contributed by atoms with Crippen molar-refractivity contribution in [1.29, 1.82) is 0 Å². The van der Waals surface area contributed by atoms with E-state index in [1.165, 1.54) is 0 Å². The van der Waals surface area contributed by atoms with Gasteiger partial charge in [-0.05, 0) is 30.5 Å². The van der Waals surface area contributed by atoms with Gasteiger partial charge in [-0.3, -0.25) is 0 Å². The highest BCUT2D eigenvalue weighted by Crippen LogP contribution is 2.42. The minimum Gasteiger partial charge on any atom is -0.389 e. The molecule has 1 spiro atoms. The monoisotopic (exact) mass is 311 g/mol. The normalized spacial score (nSPS) is 32.8. The van der Waals surface area contributed by atoms with Crippen LogP contribution in [0.4, 0.5) is 0 Å². The summed E-state index contributed by atoms with van der Waals surface area (Å²) in [5.41, 5.74) is 1.11. The van der Waals surface area contributed by atoms with Gasteiger partial charge in [0.2, 0.25) is 0 Å². The highest BCUT2D eigenvalue weighted by molar-refractivity contribution is 5.21. The summed E-state index contributed by atoms with van der Waals surface area (Å²) in [6.07, 6.45) is 4.22. The van der Waals surface area contributed by atoms with Gasteiger partial charge in [0.25, 0.3) is 0 Å². The zero-order valence-corrected chi connectivity index (χ0v) is 14.9. The Morgan fingerprint density at radius 3 is 2.64 bits per heavy atom. The second-order valence-electron chi connectivity index (χ2n) is 7.69. The molecule has 0 bridgehead atoms. The van der Waals surface area contributed by atoms with E-state index in [0.29, 0.717) is 13.0 Å². The van der Waals surface area contributed by atoms with E-state index in [-0.39, 0.29) is 11.5 Å². The van der Waals surface area contributed by atoms with Crippen molar-refractivity contribution in [2.75, 3.05) is 26.2 Å². The largest absolute Gasteiger partial charge is 0.389 e. The summed E-state index contributed by atoms with van der Waals surface area (Å²) in [6.45, 7) is 14.5. The molecule has 1 aliphatic heterocycles. The third-order valence-corrected chi connectivity index (χ3v) is 4.72. The van der Waals surface area contributed by atoms with E-state index < -0.39 is 11.9 Å². The van der Waals surface area contributed by atoms with Crippen LogP contribution in [-0.4, -0.2) is 54.2 Å². The average molecular weight is 311 g/mol. The van der Waals surface area contributed by atoms with E-state index in [2.05, 4.69) is 45.6 Å². The molecule has 0 aromatic heterocycles. The molecule has 0 aromatic rings. The third-order valence-electron chi connectivity index (χ3n) is 4.72. The zero-order chi connectivity index (χ0) is 16.4. The van der Waals surface area contributed by atoms with Crippen molar-refractivity contribution in [1.82, 2.24) is 4.90 Å². The molecule has 2 rings (SSSR count). The predicted octanol–water partition coefficient (Wildman–Crippen LogP) is 2.96. The Balaban J connectivity index is 1.97. The molecule has 1 heterocycles. The molecule has 1 saturated heterocycles. The van der Waals surface area contributed by atoms with Crippen LogP contribution in [0.1, 0.15) is 53.9 Å². The number of rotatable bonds is 5. The first kappa shape index (κ1) is 17.9. The summed E-state index contributed by atoms with van der Waals surface area (Å²) in [5, 5.41) is 10.5. The Morgan fingerprint density at radius 2 is 2.09 bits per heavy atom. The van der Waals surface area contributed by atoms with Gasteiger partial charge in [-0.15, -0.1) is 0 Å². The standard InChI is InChI=1S/C18H33NO3/c1-6-10-19(7-2)12-14-13-21-18(22-14)9-8-15(16(20)11-18)17(3,4)5/h8,14,16,20H,6-7,9-13H2,1-5H3. The molecular weight excluding hydrogens is 278 g/mol. The second-order valence-corrected chi connectivity index (χ2v) is 7.69. The summed E-state index contributed by atoms with van der Waals surface area (Å²) in [7, 11) is 0. The lowest BCUT2D eigenvalue weighted by molar-refractivity contribution is -0.187. The summed E-state index contributed by atoms with van der Waals surface area (Å²) in [4.78, 5) is 2.41.